The van der Waals surface area contributed by atoms with E-state index >= 15 is 0 Å². The van der Waals surface area contributed by atoms with Crippen molar-refractivity contribution in [2.24, 2.45) is 0 Å². The number of aromatic nitrogens is 6. The van der Waals surface area contributed by atoms with Crippen molar-refractivity contribution >= 4 is 22.5 Å². The van der Waals surface area contributed by atoms with E-state index in [1.54, 1.807) is 0 Å². The molecule has 0 atom stereocenters. The van der Waals surface area contributed by atoms with Gasteiger partial charge in [0, 0.05) is 49.3 Å². The molecular formula is C18H22N8S. The van der Waals surface area contributed by atoms with Crippen molar-refractivity contribution in [3.8, 4) is 5.82 Å². The first-order valence-corrected chi connectivity index (χ1v) is 10.2. The highest BCUT2D eigenvalue weighted by molar-refractivity contribution is 7.09. The number of nitrogens with zero attached hydrogens (tertiary/aromatic N) is 8. The summed E-state index contributed by atoms with van der Waals surface area (Å²) in [7, 11) is 0. The van der Waals surface area contributed by atoms with E-state index in [2.05, 4.69) is 29.5 Å². The van der Waals surface area contributed by atoms with Gasteiger partial charge in [0.25, 0.3) is 0 Å². The maximum absolute atomic E-state index is 4.73. The van der Waals surface area contributed by atoms with Gasteiger partial charge in [0.15, 0.2) is 11.6 Å². The summed E-state index contributed by atoms with van der Waals surface area (Å²) in [5.41, 5.74) is 2.04. The lowest BCUT2D eigenvalue weighted by atomic mass is 10.3. The summed E-state index contributed by atoms with van der Waals surface area (Å²) in [6.07, 6.45) is 2.49. The monoisotopic (exact) mass is 382 g/mol. The van der Waals surface area contributed by atoms with E-state index in [-0.39, 0.29) is 0 Å². The molecule has 0 N–H and O–H groups in total. The second kappa shape index (κ2) is 6.56. The third kappa shape index (κ3) is 3.27. The molecule has 0 spiro atoms. The minimum Gasteiger partial charge on any atom is -0.352 e. The first-order valence-electron chi connectivity index (χ1n) is 9.38. The quantitative estimate of drug-likeness (QED) is 0.685. The topological polar surface area (TPSA) is 75.9 Å². The lowest BCUT2D eigenvalue weighted by Crippen LogP contribution is -2.46. The van der Waals surface area contributed by atoms with E-state index in [0.29, 0.717) is 5.92 Å². The van der Waals surface area contributed by atoms with Crippen LogP contribution in [0.15, 0.2) is 18.2 Å². The number of piperazine rings is 1. The highest BCUT2D eigenvalue weighted by Crippen LogP contribution is 2.39. The van der Waals surface area contributed by atoms with Gasteiger partial charge in [-0.2, -0.15) is 9.47 Å². The molecule has 1 aliphatic carbocycles. The Bertz CT molecular complexity index is 935. The van der Waals surface area contributed by atoms with Crippen LogP contribution in [0, 0.1) is 13.8 Å². The third-order valence-electron chi connectivity index (χ3n) is 5.11. The van der Waals surface area contributed by atoms with Gasteiger partial charge in [-0.25, -0.2) is 9.67 Å². The highest BCUT2D eigenvalue weighted by Gasteiger charge is 2.29. The van der Waals surface area contributed by atoms with Crippen molar-refractivity contribution in [3.63, 3.8) is 0 Å². The first-order chi connectivity index (χ1) is 13.2. The van der Waals surface area contributed by atoms with Gasteiger partial charge in [-0.3, -0.25) is 0 Å². The summed E-state index contributed by atoms with van der Waals surface area (Å²) >= 11 is 1.53. The lowest BCUT2D eigenvalue weighted by molar-refractivity contribution is 0.640. The molecule has 3 aromatic heterocycles. The van der Waals surface area contributed by atoms with Crippen LogP contribution in [-0.4, -0.2) is 55.5 Å². The average Bonchev–Trinajstić information content (AvgIpc) is 3.32. The highest BCUT2D eigenvalue weighted by atomic mass is 32.1. The Hall–Kier alpha value is -2.55. The zero-order chi connectivity index (χ0) is 18.4. The minimum absolute atomic E-state index is 0.618. The van der Waals surface area contributed by atoms with Crippen molar-refractivity contribution in [3.05, 3.63) is 35.4 Å². The maximum atomic E-state index is 4.73. The number of anilines is 2. The molecule has 140 valence electrons. The molecule has 0 bridgehead atoms. The van der Waals surface area contributed by atoms with Gasteiger partial charge < -0.3 is 9.80 Å². The smallest absolute Gasteiger partial charge is 0.205 e. The molecule has 1 saturated carbocycles. The Kier molecular flexibility index (Phi) is 4.04. The van der Waals surface area contributed by atoms with E-state index in [9.17, 15) is 0 Å². The van der Waals surface area contributed by atoms with Gasteiger partial charge in [0.2, 0.25) is 5.13 Å². The number of rotatable bonds is 4. The Balaban J connectivity index is 1.24. The summed E-state index contributed by atoms with van der Waals surface area (Å²) in [4.78, 5) is 9.33. The summed E-state index contributed by atoms with van der Waals surface area (Å²) in [6, 6.07) is 6.06. The zero-order valence-electron chi connectivity index (χ0n) is 15.5. The van der Waals surface area contributed by atoms with Gasteiger partial charge in [-0.1, -0.05) is 0 Å². The fraction of sp³-hybridized carbons (Fsp3) is 0.500. The average molecular weight is 382 g/mol. The standard InChI is InChI=1S/C18H22N8S/c1-12-11-13(2)26(22-12)16-6-5-15(20-21-16)24-7-9-25(10-8-24)18-19-17(23-27-18)14-3-4-14/h5-6,11,14H,3-4,7-10H2,1-2H3. The zero-order valence-corrected chi connectivity index (χ0v) is 16.4. The molecule has 3 aromatic rings. The molecule has 4 heterocycles. The van der Waals surface area contributed by atoms with Crippen molar-refractivity contribution in [1.29, 1.82) is 0 Å². The van der Waals surface area contributed by atoms with Gasteiger partial charge >= 0.3 is 0 Å². The second-order valence-corrected chi connectivity index (χ2v) is 8.00. The van der Waals surface area contributed by atoms with Crippen LogP contribution in [0.4, 0.5) is 10.9 Å². The Morgan fingerprint density at radius 1 is 0.963 bits per heavy atom. The molecule has 0 amide bonds. The van der Waals surface area contributed by atoms with Crippen LogP contribution in [0.25, 0.3) is 5.82 Å². The molecule has 9 heteroatoms. The molecule has 1 saturated heterocycles. The van der Waals surface area contributed by atoms with Gasteiger partial charge in [-0.15, -0.1) is 10.2 Å². The van der Waals surface area contributed by atoms with Crippen LogP contribution in [0.1, 0.15) is 36.0 Å². The van der Waals surface area contributed by atoms with Crippen LogP contribution < -0.4 is 9.80 Å². The summed E-state index contributed by atoms with van der Waals surface area (Å²) in [5, 5.41) is 14.3. The number of hydrogen-bond acceptors (Lipinski definition) is 8. The predicted molar refractivity (Wildman–Crippen MR) is 105 cm³/mol. The van der Waals surface area contributed by atoms with Crippen LogP contribution in [0.5, 0.6) is 0 Å². The first kappa shape index (κ1) is 16.6. The van der Waals surface area contributed by atoms with E-state index in [0.717, 1.165) is 60.2 Å². The maximum Gasteiger partial charge on any atom is 0.205 e. The van der Waals surface area contributed by atoms with E-state index in [4.69, 9.17) is 4.98 Å². The number of hydrogen-bond donors (Lipinski definition) is 0. The molecule has 27 heavy (non-hydrogen) atoms. The molecule has 5 rings (SSSR count). The van der Waals surface area contributed by atoms with Crippen LogP contribution in [0.2, 0.25) is 0 Å². The molecular weight excluding hydrogens is 360 g/mol. The van der Waals surface area contributed by atoms with E-state index in [1.807, 2.05) is 36.7 Å². The molecule has 0 radical (unpaired) electrons. The third-order valence-corrected chi connectivity index (χ3v) is 5.90. The lowest BCUT2D eigenvalue weighted by Gasteiger charge is -2.34. The Labute approximate surface area is 162 Å². The summed E-state index contributed by atoms with van der Waals surface area (Å²) < 4.78 is 6.35. The predicted octanol–water partition coefficient (Wildman–Crippen LogP) is 2.33. The Morgan fingerprint density at radius 2 is 1.67 bits per heavy atom. The van der Waals surface area contributed by atoms with E-state index in [1.165, 1.54) is 24.4 Å². The SMILES string of the molecule is Cc1cc(C)n(-c2ccc(N3CCN(c4nc(C5CC5)ns4)CC3)nn2)n1. The van der Waals surface area contributed by atoms with Crippen molar-refractivity contribution < 1.29 is 0 Å². The molecule has 8 nitrogen and oxygen atoms in total. The van der Waals surface area contributed by atoms with Crippen molar-refractivity contribution in [2.75, 3.05) is 36.0 Å². The second-order valence-electron chi connectivity index (χ2n) is 7.27. The molecule has 0 unspecified atom stereocenters. The molecule has 1 aliphatic heterocycles. The number of aryl methyl sites for hydroxylation is 2. The Morgan fingerprint density at radius 3 is 2.30 bits per heavy atom. The molecule has 0 aromatic carbocycles. The van der Waals surface area contributed by atoms with Crippen molar-refractivity contribution in [1.82, 2.24) is 29.3 Å². The van der Waals surface area contributed by atoms with Crippen molar-refractivity contribution in [2.45, 2.75) is 32.6 Å². The van der Waals surface area contributed by atoms with Gasteiger partial charge in [0.1, 0.15) is 5.82 Å². The van der Waals surface area contributed by atoms with E-state index < -0.39 is 0 Å². The molecule has 2 fully saturated rings. The largest absolute Gasteiger partial charge is 0.352 e. The fourth-order valence-corrected chi connectivity index (χ4v) is 4.25. The normalized spacial score (nSPS) is 17.6. The van der Waals surface area contributed by atoms with Gasteiger partial charge in [0.05, 0.1) is 5.69 Å². The van der Waals surface area contributed by atoms with Gasteiger partial charge in [-0.05, 0) is 44.9 Å². The minimum atomic E-state index is 0.618. The molecule has 2 aliphatic rings. The fourth-order valence-electron chi connectivity index (χ4n) is 3.45. The van der Waals surface area contributed by atoms with Crippen LogP contribution >= 0.6 is 11.5 Å². The summed E-state index contributed by atoms with van der Waals surface area (Å²) in [5.74, 6) is 3.33. The summed E-state index contributed by atoms with van der Waals surface area (Å²) in [6.45, 7) is 7.69. The van der Waals surface area contributed by atoms with Crippen LogP contribution in [-0.2, 0) is 0 Å². The van der Waals surface area contributed by atoms with Crippen LogP contribution in [0.3, 0.4) is 0 Å².